The number of hydrogen-bond donors (Lipinski definition) is 0. The van der Waals surface area contributed by atoms with Crippen molar-refractivity contribution < 1.29 is 17.6 Å². The van der Waals surface area contributed by atoms with E-state index in [1.165, 1.54) is 0 Å². The molecule has 0 saturated carbocycles. The SMILES string of the molecule is CCCc1ccc(CCc2ccc(-c3ccc(-c4ccc(CC)cc4)c(F)c3F)cc2)c(F)c1F. The average molecular weight is 477 g/mol. The lowest BCUT2D eigenvalue weighted by Crippen LogP contribution is -2.01. The molecule has 4 aromatic carbocycles. The fraction of sp³-hybridized carbons (Fsp3) is 0.226. The minimum Gasteiger partial charge on any atom is -0.203 e. The third kappa shape index (κ3) is 5.32. The highest BCUT2D eigenvalue weighted by molar-refractivity contribution is 5.72. The molecular weight excluding hydrogens is 448 g/mol. The Hall–Kier alpha value is -3.40. The molecule has 0 spiro atoms. The summed E-state index contributed by atoms with van der Waals surface area (Å²) in [4.78, 5) is 0. The molecule has 0 N–H and O–H groups in total. The van der Waals surface area contributed by atoms with Crippen LogP contribution in [0.5, 0.6) is 0 Å². The van der Waals surface area contributed by atoms with Crippen LogP contribution in [0.4, 0.5) is 17.6 Å². The molecule has 0 aliphatic rings. The van der Waals surface area contributed by atoms with E-state index in [0.29, 0.717) is 41.5 Å². The van der Waals surface area contributed by atoms with E-state index in [0.717, 1.165) is 24.0 Å². The molecule has 180 valence electrons. The summed E-state index contributed by atoms with van der Waals surface area (Å²) in [6, 6.07) is 21.0. The molecule has 0 aliphatic heterocycles. The molecule has 0 nitrogen and oxygen atoms in total. The molecule has 0 bridgehead atoms. The molecule has 4 aromatic rings. The smallest absolute Gasteiger partial charge is 0.167 e. The molecule has 4 heteroatoms. The van der Waals surface area contributed by atoms with Gasteiger partial charge in [0, 0.05) is 11.1 Å². The van der Waals surface area contributed by atoms with Gasteiger partial charge in [0.05, 0.1) is 0 Å². The Morgan fingerprint density at radius 2 is 0.914 bits per heavy atom. The van der Waals surface area contributed by atoms with E-state index in [9.17, 15) is 17.6 Å². The first kappa shape index (κ1) is 24.7. The third-order valence-electron chi connectivity index (χ3n) is 6.47. The molecular formula is C31H28F4. The fourth-order valence-electron chi connectivity index (χ4n) is 4.33. The van der Waals surface area contributed by atoms with Crippen molar-refractivity contribution in [3.05, 3.63) is 118 Å². The maximum absolute atomic E-state index is 15.0. The van der Waals surface area contributed by atoms with Gasteiger partial charge in [0.25, 0.3) is 0 Å². The predicted octanol–water partition coefficient (Wildman–Crippen LogP) is 8.88. The number of rotatable bonds is 8. The highest BCUT2D eigenvalue weighted by Gasteiger charge is 2.16. The molecule has 0 aliphatic carbocycles. The lowest BCUT2D eigenvalue weighted by atomic mass is 9.96. The van der Waals surface area contributed by atoms with Crippen LogP contribution < -0.4 is 0 Å². The van der Waals surface area contributed by atoms with E-state index in [4.69, 9.17) is 0 Å². The van der Waals surface area contributed by atoms with E-state index in [-0.39, 0.29) is 11.1 Å². The van der Waals surface area contributed by atoms with Gasteiger partial charge in [0.2, 0.25) is 0 Å². The van der Waals surface area contributed by atoms with E-state index in [1.54, 1.807) is 48.5 Å². The maximum Gasteiger partial charge on any atom is 0.167 e. The van der Waals surface area contributed by atoms with Gasteiger partial charge in [-0.15, -0.1) is 0 Å². The fourth-order valence-corrected chi connectivity index (χ4v) is 4.33. The molecule has 0 radical (unpaired) electrons. The van der Waals surface area contributed by atoms with Crippen molar-refractivity contribution in [2.45, 2.75) is 46.0 Å². The van der Waals surface area contributed by atoms with E-state index < -0.39 is 23.3 Å². The van der Waals surface area contributed by atoms with Crippen molar-refractivity contribution in [3.63, 3.8) is 0 Å². The molecule has 0 heterocycles. The largest absolute Gasteiger partial charge is 0.203 e. The van der Waals surface area contributed by atoms with Crippen LogP contribution in [-0.4, -0.2) is 0 Å². The van der Waals surface area contributed by atoms with Crippen molar-refractivity contribution in [2.75, 3.05) is 0 Å². The van der Waals surface area contributed by atoms with E-state index in [1.807, 2.05) is 38.1 Å². The summed E-state index contributed by atoms with van der Waals surface area (Å²) in [6.45, 7) is 3.97. The summed E-state index contributed by atoms with van der Waals surface area (Å²) in [5, 5.41) is 0. The van der Waals surface area contributed by atoms with Crippen LogP contribution >= 0.6 is 0 Å². The van der Waals surface area contributed by atoms with Crippen molar-refractivity contribution in [1.29, 1.82) is 0 Å². The highest BCUT2D eigenvalue weighted by Crippen LogP contribution is 2.32. The van der Waals surface area contributed by atoms with Gasteiger partial charge in [0.15, 0.2) is 23.3 Å². The van der Waals surface area contributed by atoms with Crippen molar-refractivity contribution in [2.24, 2.45) is 0 Å². The zero-order chi connectivity index (χ0) is 24.9. The van der Waals surface area contributed by atoms with Gasteiger partial charge < -0.3 is 0 Å². The highest BCUT2D eigenvalue weighted by atomic mass is 19.2. The minimum atomic E-state index is -0.889. The summed E-state index contributed by atoms with van der Waals surface area (Å²) in [7, 11) is 0. The monoisotopic (exact) mass is 476 g/mol. The van der Waals surface area contributed by atoms with Gasteiger partial charge in [0.1, 0.15) is 0 Å². The third-order valence-corrected chi connectivity index (χ3v) is 6.47. The average Bonchev–Trinajstić information content (AvgIpc) is 2.88. The number of hydrogen-bond acceptors (Lipinski definition) is 0. The van der Waals surface area contributed by atoms with Gasteiger partial charge in [-0.25, -0.2) is 17.6 Å². The number of aryl methyl sites for hydroxylation is 4. The summed E-state index contributed by atoms with van der Waals surface area (Å²) in [5.41, 5.74) is 4.37. The Labute approximate surface area is 204 Å². The van der Waals surface area contributed by atoms with Crippen LogP contribution in [0.1, 0.15) is 42.5 Å². The second-order valence-corrected chi connectivity index (χ2v) is 8.80. The minimum absolute atomic E-state index is 0.183. The summed E-state index contributed by atoms with van der Waals surface area (Å²) in [5.74, 6) is -3.31. The van der Waals surface area contributed by atoms with Crippen LogP contribution in [0, 0.1) is 23.3 Å². The maximum atomic E-state index is 15.0. The number of benzene rings is 4. The molecule has 0 unspecified atom stereocenters. The predicted molar refractivity (Wildman–Crippen MR) is 134 cm³/mol. The van der Waals surface area contributed by atoms with Crippen LogP contribution in [0.3, 0.4) is 0 Å². The number of halogens is 4. The molecule has 0 aromatic heterocycles. The Bertz CT molecular complexity index is 1310. The van der Waals surface area contributed by atoms with Crippen LogP contribution in [0.25, 0.3) is 22.3 Å². The first-order valence-corrected chi connectivity index (χ1v) is 12.0. The molecule has 0 saturated heterocycles. The Morgan fingerprint density at radius 3 is 1.37 bits per heavy atom. The van der Waals surface area contributed by atoms with Gasteiger partial charge in [-0.3, -0.25) is 0 Å². The molecule has 0 amide bonds. The Morgan fingerprint density at radius 1 is 0.457 bits per heavy atom. The van der Waals surface area contributed by atoms with Gasteiger partial charge in [-0.05, 0) is 59.1 Å². The van der Waals surface area contributed by atoms with E-state index in [2.05, 4.69) is 0 Å². The quantitative estimate of drug-likeness (QED) is 0.223. The lowest BCUT2D eigenvalue weighted by Gasteiger charge is -2.11. The van der Waals surface area contributed by atoms with Crippen molar-refractivity contribution in [1.82, 2.24) is 0 Å². The van der Waals surface area contributed by atoms with Crippen LogP contribution in [-0.2, 0) is 25.7 Å². The Kier molecular flexibility index (Phi) is 7.70. The summed E-state index contributed by atoms with van der Waals surface area (Å²) >= 11 is 0. The van der Waals surface area contributed by atoms with Crippen LogP contribution in [0.15, 0.2) is 72.8 Å². The van der Waals surface area contributed by atoms with Crippen molar-refractivity contribution in [3.8, 4) is 22.3 Å². The zero-order valence-electron chi connectivity index (χ0n) is 20.0. The standard InChI is InChI=1S/C31H28F4/c1-3-5-24-16-17-25(29(33)28(24)32)15-10-21-8-13-23(14-9-21)27-19-18-26(30(34)31(27)35)22-11-6-20(4-2)7-12-22/h6-9,11-14,16-19H,3-5,10,15H2,1-2H3. The molecule has 35 heavy (non-hydrogen) atoms. The summed E-state index contributed by atoms with van der Waals surface area (Å²) in [6.07, 6.45) is 2.99. The van der Waals surface area contributed by atoms with Gasteiger partial charge in [-0.2, -0.15) is 0 Å². The Balaban J connectivity index is 1.50. The topological polar surface area (TPSA) is 0 Å². The second-order valence-electron chi connectivity index (χ2n) is 8.80. The van der Waals surface area contributed by atoms with Gasteiger partial charge in [-0.1, -0.05) is 93.1 Å². The first-order chi connectivity index (χ1) is 16.9. The first-order valence-electron chi connectivity index (χ1n) is 12.0. The second kappa shape index (κ2) is 10.9. The molecule has 0 fully saturated rings. The van der Waals surface area contributed by atoms with E-state index >= 15 is 0 Å². The lowest BCUT2D eigenvalue weighted by molar-refractivity contribution is 0.488. The van der Waals surface area contributed by atoms with Crippen molar-refractivity contribution >= 4 is 0 Å². The normalized spacial score (nSPS) is 11.1. The molecule has 4 rings (SSSR count). The molecule has 0 atom stereocenters. The zero-order valence-corrected chi connectivity index (χ0v) is 20.0. The summed E-state index contributed by atoms with van der Waals surface area (Å²) < 4.78 is 58.5. The van der Waals surface area contributed by atoms with Crippen LogP contribution in [0.2, 0.25) is 0 Å². The van der Waals surface area contributed by atoms with Gasteiger partial charge >= 0.3 is 0 Å².